The van der Waals surface area contributed by atoms with Crippen molar-refractivity contribution in [3.63, 3.8) is 0 Å². The van der Waals surface area contributed by atoms with Gasteiger partial charge in [0, 0.05) is 5.69 Å². The second kappa shape index (κ2) is 7.90. The van der Waals surface area contributed by atoms with Crippen molar-refractivity contribution < 1.29 is 18.0 Å². The number of hydrogen-bond donors (Lipinski definition) is 2. The maximum absolute atomic E-state index is 12.7. The maximum atomic E-state index is 12.7. The average molecular weight is 371 g/mol. The molecule has 0 spiro atoms. The van der Waals surface area contributed by atoms with E-state index in [1.54, 1.807) is 0 Å². The van der Waals surface area contributed by atoms with Crippen molar-refractivity contribution in [3.05, 3.63) is 77.9 Å². The van der Waals surface area contributed by atoms with E-state index in [-0.39, 0.29) is 12.2 Å². The average Bonchev–Trinajstić information content (AvgIpc) is 2.66. The summed E-state index contributed by atoms with van der Waals surface area (Å²) in [5.41, 5.74) is 2.59. The van der Waals surface area contributed by atoms with Crippen LogP contribution in [0.2, 0.25) is 0 Å². The van der Waals surface area contributed by atoms with Crippen LogP contribution in [0.3, 0.4) is 0 Å². The van der Waals surface area contributed by atoms with Crippen molar-refractivity contribution in [1.29, 1.82) is 0 Å². The second-order valence-corrected chi connectivity index (χ2v) is 5.83. The number of fused-ring (bicyclic) bond motifs is 1. The summed E-state index contributed by atoms with van der Waals surface area (Å²) in [7, 11) is 0. The third kappa shape index (κ3) is 5.07. The lowest BCUT2D eigenvalue weighted by Gasteiger charge is -2.10. The molecule has 0 radical (unpaired) electrons. The Morgan fingerprint density at radius 3 is 2.52 bits per heavy atom. The summed E-state index contributed by atoms with van der Waals surface area (Å²) in [6.45, 7) is -0.198. The van der Waals surface area contributed by atoms with Crippen molar-refractivity contribution >= 4 is 28.6 Å². The molecule has 0 saturated heterocycles. The molecule has 0 aliphatic heterocycles. The fourth-order valence-electron chi connectivity index (χ4n) is 2.49. The van der Waals surface area contributed by atoms with Gasteiger partial charge in [0.15, 0.2) is 0 Å². The number of hydrogen-bond acceptors (Lipinski definition) is 3. The highest BCUT2D eigenvalue weighted by Gasteiger charge is 2.30. The van der Waals surface area contributed by atoms with E-state index in [2.05, 4.69) is 15.8 Å². The SMILES string of the molecule is O=C(CNc1cccc(C(F)(F)F)c1)N/N=C\c1ccc2ccccc2c1. The van der Waals surface area contributed by atoms with Crippen LogP contribution in [0.4, 0.5) is 18.9 Å². The Balaban J connectivity index is 1.54. The molecule has 0 aromatic heterocycles. The lowest BCUT2D eigenvalue weighted by Crippen LogP contribution is -2.26. The molecule has 0 fully saturated rings. The van der Waals surface area contributed by atoms with Crippen molar-refractivity contribution in [2.24, 2.45) is 5.10 Å². The van der Waals surface area contributed by atoms with Crippen LogP contribution in [0.1, 0.15) is 11.1 Å². The van der Waals surface area contributed by atoms with Crippen LogP contribution in [0, 0.1) is 0 Å². The zero-order valence-corrected chi connectivity index (χ0v) is 14.1. The van der Waals surface area contributed by atoms with Crippen molar-refractivity contribution in [2.75, 3.05) is 11.9 Å². The summed E-state index contributed by atoms with van der Waals surface area (Å²) in [4.78, 5) is 11.8. The van der Waals surface area contributed by atoms with Gasteiger partial charge in [-0.1, -0.05) is 42.5 Å². The van der Waals surface area contributed by atoms with Crippen molar-refractivity contribution in [3.8, 4) is 0 Å². The Morgan fingerprint density at radius 1 is 0.963 bits per heavy atom. The van der Waals surface area contributed by atoms with Crippen LogP contribution in [0.25, 0.3) is 10.8 Å². The Labute approximate surface area is 153 Å². The Kier molecular flexibility index (Phi) is 5.40. The summed E-state index contributed by atoms with van der Waals surface area (Å²) in [6.07, 6.45) is -2.92. The van der Waals surface area contributed by atoms with Gasteiger partial charge in [-0.25, -0.2) is 5.43 Å². The lowest BCUT2D eigenvalue weighted by atomic mass is 10.1. The molecule has 27 heavy (non-hydrogen) atoms. The lowest BCUT2D eigenvalue weighted by molar-refractivity contribution is -0.137. The number of amides is 1. The van der Waals surface area contributed by atoms with Gasteiger partial charge in [-0.05, 0) is 40.6 Å². The molecule has 3 aromatic carbocycles. The molecule has 0 saturated carbocycles. The van der Waals surface area contributed by atoms with Gasteiger partial charge in [0.25, 0.3) is 5.91 Å². The number of nitrogens with zero attached hydrogens (tertiary/aromatic N) is 1. The molecule has 0 aliphatic rings. The first-order valence-corrected chi connectivity index (χ1v) is 8.14. The topological polar surface area (TPSA) is 53.5 Å². The minimum atomic E-state index is -4.43. The molecule has 0 aliphatic carbocycles. The highest BCUT2D eigenvalue weighted by molar-refractivity contribution is 5.91. The summed E-state index contributed by atoms with van der Waals surface area (Å²) >= 11 is 0. The van der Waals surface area contributed by atoms with E-state index in [0.29, 0.717) is 0 Å². The van der Waals surface area contributed by atoms with Gasteiger partial charge in [0.2, 0.25) is 0 Å². The largest absolute Gasteiger partial charge is 0.416 e. The number of rotatable bonds is 5. The van der Waals surface area contributed by atoms with Crippen molar-refractivity contribution in [2.45, 2.75) is 6.18 Å². The van der Waals surface area contributed by atoms with Gasteiger partial charge in [-0.3, -0.25) is 4.79 Å². The Morgan fingerprint density at radius 2 is 1.74 bits per heavy atom. The van der Waals surface area contributed by atoms with E-state index in [4.69, 9.17) is 0 Å². The van der Waals surface area contributed by atoms with Crippen LogP contribution in [-0.2, 0) is 11.0 Å². The number of benzene rings is 3. The zero-order valence-electron chi connectivity index (χ0n) is 14.1. The molecule has 3 aromatic rings. The molecule has 7 heteroatoms. The smallest absolute Gasteiger partial charge is 0.376 e. The van der Waals surface area contributed by atoms with E-state index in [9.17, 15) is 18.0 Å². The molecule has 0 bridgehead atoms. The monoisotopic (exact) mass is 371 g/mol. The molecule has 0 atom stereocenters. The summed E-state index contributed by atoms with van der Waals surface area (Å²) in [5.74, 6) is -0.468. The standard InChI is InChI=1S/C20H16F3N3O/c21-20(22,23)17-6-3-7-18(11-17)24-13-19(27)26-25-12-14-8-9-15-4-1-2-5-16(15)10-14/h1-12,24H,13H2,(H,26,27)/b25-12-. The van der Waals surface area contributed by atoms with Gasteiger partial charge >= 0.3 is 6.18 Å². The Hall–Kier alpha value is -3.35. The molecule has 0 heterocycles. The van der Waals surface area contributed by atoms with Gasteiger partial charge in [0.05, 0.1) is 18.3 Å². The van der Waals surface area contributed by atoms with Crippen LogP contribution in [0.15, 0.2) is 71.8 Å². The van der Waals surface area contributed by atoms with Gasteiger partial charge in [-0.2, -0.15) is 18.3 Å². The minimum absolute atomic E-state index is 0.198. The molecule has 1 amide bonds. The number of carbonyl (C=O) groups excluding carboxylic acids is 1. The molecule has 2 N–H and O–H groups in total. The predicted octanol–water partition coefficient (Wildman–Crippen LogP) is 4.42. The van der Waals surface area contributed by atoms with Crippen molar-refractivity contribution in [1.82, 2.24) is 5.43 Å². The fourth-order valence-corrected chi connectivity index (χ4v) is 2.49. The quantitative estimate of drug-likeness (QED) is 0.515. The number of carbonyl (C=O) groups is 1. The van der Waals surface area contributed by atoms with E-state index in [1.165, 1.54) is 18.3 Å². The van der Waals surface area contributed by atoms with Crippen LogP contribution in [0.5, 0.6) is 0 Å². The first kappa shape index (κ1) is 18.4. The third-order valence-corrected chi connectivity index (χ3v) is 3.82. The summed E-state index contributed by atoms with van der Waals surface area (Å²) in [5, 5.41) is 8.67. The molecular formula is C20H16F3N3O. The normalized spacial score (nSPS) is 11.7. The molecule has 0 unspecified atom stereocenters. The maximum Gasteiger partial charge on any atom is 0.416 e. The van der Waals surface area contributed by atoms with Gasteiger partial charge in [0.1, 0.15) is 0 Å². The van der Waals surface area contributed by atoms with Gasteiger partial charge < -0.3 is 5.32 Å². The van der Waals surface area contributed by atoms with Crippen LogP contribution >= 0.6 is 0 Å². The highest BCUT2D eigenvalue weighted by atomic mass is 19.4. The molecule has 4 nitrogen and oxygen atoms in total. The zero-order chi connectivity index (χ0) is 19.3. The molecular weight excluding hydrogens is 355 g/mol. The molecule has 138 valence electrons. The second-order valence-electron chi connectivity index (χ2n) is 5.83. The van der Waals surface area contributed by atoms with E-state index < -0.39 is 17.6 Å². The van der Waals surface area contributed by atoms with E-state index in [1.807, 2.05) is 42.5 Å². The number of nitrogens with one attached hydrogen (secondary N) is 2. The first-order valence-electron chi connectivity index (χ1n) is 8.14. The van der Waals surface area contributed by atoms with E-state index in [0.717, 1.165) is 28.5 Å². The Bertz CT molecular complexity index is 983. The van der Waals surface area contributed by atoms with Crippen LogP contribution in [-0.4, -0.2) is 18.7 Å². The third-order valence-electron chi connectivity index (χ3n) is 3.82. The predicted molar refractivity (Wildman–Crippen MR) is 99.6 cm³/mol. The number of alkyl halides is 3. The minimum Gasteiger partial charge on any atom is -0.376 e. The number of halogens is 3. The number of hydrazone groups is 1. The summed E-state index contributed by atoms with van der Waals surface area (Å²) < 4.78 is 38.0. The fraction of sp³-hybridized carbons (Fsp3) is 0.100. The van der Waals surface area contributed by atoms with Gasteiger partial charge in [-0.15, -0.1) is 0 Å². The highest BCUT2D eigenvalue weighted by Crippen LogP contribution is 2.30. The number of anilines is 1. The molecule has 3 rings (SSSR count). The van der Waals surface area contributed by atoms with E-state index >= 15 is 0 Å². The first-order chi connectivity index (χ1) is 12.9. The summed E-state index contributed by atoms with van der Waals surface area (Å²) in [6, 6.07) is 18.3. The van der Waals surface area contributed by atoms with Crippen LogP contribution < -0.4 is 10.7 Å².